The summed E-state index contributed by atoms with van der Waals surface area (Å²) in [6.07, 6.45) is 0.0908. The van der Waals surface area contributed by atoms with E-state index < -0.39 is 95.6 Å². The Bertz CT molecular complexity index is 1860. The largest absolute Gasteiger partial charge is 0.509 e. The molecule has 0 radical (unpaired) electrons. The van der Waals surface area contributed by atoms with Crippen LogP contribution in [-0.4, -0.2) is 124 Å². The number of aliphatic hydroxyl groups is 1. The second-order valence-electron chi connectivity index (χ2n) is 16.5. The van der Waals surface area contributed by atoms with E-state index in [4.69, 9.17) is 28.4 Å². The van der Waals surface area contributed by atoms with E-state index in [9.17, 15) is 29.1 Å². The number of hydrogen-bond acceptors (Lipinski definition) is 16. The molecule has 1 amide bonds. The summed E-state index contributed by atoms with van der Waals surface area (Å²) in [6.45, 7) is 12.8. The molecule has 0 unspecified atom stereocenters. The summed E-state index contributed by atoms with van der Waals surface area (Å²) >= 11 is 1.45. The molecule has 3 aliphatic heterocycles. The number of rotatable bonds is 9. The fourth-order valence-corrected chi connectivity index (χ4v) is 9.46. The zero-order valence-electron chi connectivity index (χ0n) is 35.4. The number of carbonyl (C=O) groups is 5. The first-order chi connectivity index (χ1) is 27.8. The van der Waals surface area contributed by atoms with Crippen molar-refractivity contribution < 1.29 is 57.5 Å². The molecule has 3 saturated heterocycles. The number of amides is 1. The summed E-state index contributed by atoms with van der Waals surface area (Å²) in [5.74, 6) is -5.52. The van der Waals surface area contributed by atoms with Crippen molar-refractivity contribution in [1.82, 2.24) is 20.2 Å². The predicted molar refractivity (Wildman–Crippen MR) is 216 cm³/mol. The fourth-order valence-electron chi connectivity index (χ4n) is 8.57. The van der Waals surface area contributed by atoms with E-state index in [1.165, 1.54) is 32.1 Å². The van der Waals surface area contributed by atoms with E-state index >= 15 is 0 Å². The Balaban J connectivity index is 1.49. The monoisotopic (exact) mass is 842 g/mol. The van der Waals surface area contributed by atoms with Crippen LogP contribution in [0.5, 0.6) is 0 Å². The minimum atomic E-state index is -1.81. The Morgan fingerprint density at radius 3 is 2.41 bits per heavy atom. The van der Waals surface area contributed by atoms with Crippen LogP contribution in [0, 0.1) is 23.7 Å². The second-order valence-corrected chi connectivity index (χ2v) is 17.6. The minimum Gasteiger partial charge on any atom is -0.458 e. The maximum atomic E-state index is 14.4. The number of esters is 1. The molecule has 5 rings (SSSR count). The quantitative estimate of drug-likeness (QED) is 0.189. The van der Waals surface area contributed by atoms with Gasteiger partial charge in [0.25, 0.3) is 0 Å². The fraction of sp³-hybridized carbons (Fsp3) is 0.643. The van der Waals surface area contributed by atoms with Crippen molar-refractivity contribution in [2.45, 2.75) is 129 Å². The molecule has 324 valence electrons. The summed E-state index contributed by atoms with van der Waals surface area (Å²) < 4.78 is 36.0. The van der Waals surface area contributed by atoms with Gasteiger partial charge in [-0.3, -0.25) is 14.4 Å². The number of aromatic nitrogens is 2. The summed E-state index contributed by atoms with van der Waals surface area (Å²) in [4.78, 5) is 81.2. The SMILES string of the molecule is CC[C@H]1OC(=O)[C@H](C)C(=O)[C@H](C)[C@@H](O[C@@H]2O[C@H](C)C[C@H](N(C)C)[C@H]2O)[C@](C)(OC(=O)OC/C=C/c2ccc(-c3ncccn3)s2)C[C@@H](C)C(=O)[C@H](C)[C@H]2NC(=O)O[C@@]21C. The zero-order chi connectivity index (χ0) is 43.4. The molecule has 3 fully saturated rings. The average Bonchev–Trinajstić information content (AvgIpc) is 3.80. The molecule has 0 bridgehead atoms. The van der Waals surface area contributed by atoms with E-state index in [-0.39, 0.29) is 31.3 Å². The number of ketones is 2. The van der Waals surface area contributed by atoms with Gasteiger partial charge < -0.3 is 43.7 Å². The Hall–Kier alpha value is -4.29. The highest BCUT2D eigenvalue weighted by atomic mass is 32.1. The van der Waals surface area contributed by atoms with Crippen molar-refractivity contribution in [2.24, 2.45) is 23.7 Å². The number of nitrogens with zero attached hydrogens (tertiary/aromatic N) is 3. The molecular weight excluding hydrogens is 785 g/mol. The van der Waals surface area contributed by atoms with Gasteiger partial charge in [0.1, 0.15) is 42.2 Å². The predicted octanol–water partition coefficient (Wildman–Crippen LogP) is 5.22. The lowest BCUT2D eigenvalue weighted by Crippen LogP contribution is -2.60. The minimum absolute atomic E-state index is 0.188. The highest BCUT2D eigenvalue weighted by molar-refractivity contribution is 7.16. The number of hydrogen-bond donors (Lipinski definition) is 2. The molecule has 13 atom stereocenters. The van der Waals surface area contributed by atoms with Gasteiger partial charge in [-0.2, -0.15) is 0 Å². The molecule has 0 saturated carbocycles. The third kappa shape index (κ3) is 10.2. The lowest BCUT2D eigenvalue weighted by molar-refractivity contribution is -0.293. The highest BCUT2D eigenvalue weighted by Crippen LogP contribution is 2.40. The molecule has 3 aliphatic rings. The van der Waals surface area contributed by atoms with Gasteiger partial charge in [0.15, 0.2) is 23.5 Å². The van der Waals surface area contributed by atoms with Gasteiger partial charge in [-0.25, -0.2) is 19.6 Å². The number of ether oxygens (including phenoxy) is 6. The van der Waals surface area contributed by atoms with Crippen LogP contribution in [0.4, 0.5) is 9.59 Å². The first kappa shape index (κ1) is 45.8. The van der Waals surface area contributed by atoms with Crippen molar-refractivity contribution >= 4 is 47.2 Å². The van der Waals surface area contributed by atoms with E-state index in [0.29, 0.717) is 12.2 Å². The third-order valence-corrected chi connectivity index (χ3v) is 12.8. The highest BCUT2D eigenvalue weighted by Gasteiger charge is 2.57. The average molecular weight is 843 g/mol. The maximum absolute atomic E-state index is 14.4. The molecule has 17 heteroatoms. The smallest absolute Gasteiger partial charge is 0.458 e. The van der Waals surface area contributed by atoms with Crippen molar-refractivity contribution in [3.63, 3.8) is 0 Å². The molecule has 2 aromatic heterocycles. The Labute approximate surface area is 349 Å². The molecular formula is C42H58N4O12S. The van der Waals surface area contributed by atoms with E-state index in [0.717, 1.165) is 9.75 Å². The summed E-state index contributed by atoms with van der Waals surface area (Å²) in [5, 5.41) is 14.3. The van der Waals surface area contributed by atoms with E-state index in [1.54, 1.807) is 58.3 Å². The molecule has 0 spiro atoms. The van der Waals surface area contributed by atoms with Crippen molar-refractivity contribution in [1.29, 1.82) is 0 Å². The normalized spacial score (nSPS) is 36.0. The standard InChI is InChI=1S/C42H58N4O12S/c1-11-30-42(8)34(45-39(51)57-42)24(4)31(47)22(2)21-41(7,58-40(52)53-19-12-14-27-15-16-29(59-27)36-43-17-13-18-44-36)35(25(5)32(48)26(6)37(50)55-30)56-38-33(49)28(46(9)10)20-23(3)54-38/h12-18,22-26,28,30,33-35,38,49H,11,19-21H2,1-10H3,(H,45,51)/b14-12+/t22-,23-,24+,25+,26-,28+,30-,33-,34-,35-,38+,41-,42-/m1/s1. The molecule has 5 heterocycles. The van der Waals surface area contributed by atoms with Gasteiger partial charge in [-0.15, -0.1) is 11.3 Å². The Morgan fingerprint density at radius 2 is 1.75 bits per heavy atom. The molecule has 59 heavy (non-hydrogen) atoms. The van der Waals surface area contributed by atoms with Gasteiger partial charge in [-0.1, -0.05) is 27.7 Å². The lowest BCUT2D eigenvalue weighted by atomic mass is 9.73. The zero-order valence-corrected chi connectivity index (χ0v) is 36.2. The number of Topliss-reactive ketones (excluding diaryl/α,β-unsaturated/α-hetero) is 2. The van der Waals surface area contributed by atoms with Gasteiger partial charge in [0.2, 0.25) is 0 Å². The summed E-state index contributed by atoms with van der Waals surface area (Å²) in [5.41, 5.74) is -3.26. The number of alkyl carbamates (subject to hydrolysis) is 1. The third-order valence-electron chi connectivity index (χ3n) is 11.8. The van der Waals surface area contributed by atoms with Crippen LogP contribution < -0.4 is 5.32 Å². The maximum Gasteiger partial charge on any atom is 0.509 e. The van der Waals surface area contributed by atoms with Crippen molar-refractivity contribution in [2.75, 3.05) is 20.7 Å². The molecule has 0 aliphatic carbocycles. The van der Waals surface area contributed by atoms with E-state index in [2.05, 4.69) is 15.3 Å². The molecule has 0 aromatic carbocycles. The van der Waals surface area contributed by atoms with Gasteiger partial charge >= 0.3 is 18.2 Å². The molecule has 2 N–H and O–H groups in total. The van der Waals surface area contributed by atoms with Crippen LogP contribution in [0.25, 0.3) is 16.8 Å². The second kappa shape index (κ2) is 19.0. The van der Waals surface area contributed by atoms with Crippen LogP contribution in [-0.2, 0) is 42.8 Å². The van der Waals surface area contributed by atoms with Gasteiger partial charge in [0.05, 0.1) is 17.0 Å². The number of aliphatic hydroxyl groups excluding tert-OH is 1. The lowest BCUT2D eigenvalue weighted by Gasteiger charge is -2.46. The first-order valence-corrected chi connectivity index (χ1v) is 20.9. The first-order valence-electron chi connectivity index (χ1n) is 20.1. The number of carbonyl (C=O) groups excluding carboxylic acids is 5. The Morgan fingerprint density at radius 1 is 1.05 bits per heavy atom. The van der Waals surface area contributed by atoms with Gasteiger partial charge in [0, 0.05) is 41.1 Å². The number of thiophene rings is 1. The van der Waals surface area contributed by atoms with Crippen molar-refractivity contribution in [3.05, 3.63) is 41.5 Å². The number of likely N-dealkylation sites (N-methyl/N-ethyl adjacent to an activating group) is 1. The summed E-state index contributed by atoms with van der Waals surface area (Å²) in [6, 6.07) is 4.20. The Kier molecular flexibility index (Phi) is 14.7. The van der Waals surface area contributed by atoms with Crippen LogP contribution in [0.1, 0.15) is 79.5 Å². The van der Waals surface area contributed by atoms with Crippen LogP contribution in [0.15, 0.2) is 36.7 Å². The van der Waals surface area contributed by atoms with Gasteiger partial charge in [-0.05, 0) is 91.4 Å². The van der Waals surface area contributed by atoms with Crippen molar-refractivity contribution in [3.8, 4) is 10.7 Å². The van der Waals surface area contributed by atoms with Crippen LogP contribution in [0.2, 0.25) is 0 Å². The molecule has 2 aromatic rings. The number of nitrogens with one attached hydrogen (secondary N) is 1. The van der Waals surface area contributed by atoms with Crippen LogP contribution in [0.3, 0.4) is 0 Å². The topological polar surface area (TPSA) is 202 Å². The van der Waals surface area contributed by atoms with Crippen LogP contribution >= 0.6 is 11.3 Å². The van der Waals surface area contributed by atoms with E-state index in [1.807, 2.05) is 38.1 Å². The molecule has 16 nitrogen and oxygen atoms in total. The summed E-state index contributed by atoms with van der Waals surface area (Å²) in [7, 11) is 3.63. The number of cyclic esters (lactones) is 1. The number of fused-ring (bicyclic) bond motifs is 1.